The molecular weight excluding hydrogens is 378 g/mol. The monoisotopic (exact) mass is 394 g/mol. The van der Waals surface area contributed by atoms with E-state index in [4.69, 9.17) is 0 Å². The average Bonchev–Trinajstić information content (AvgIpc) is 3.06. The Bertz CT molecular complexity index is 961. The molecule has 2 aromatic rings. The van der Waals surface area contributed by atoms with Crippen LogP contribution in [0.4, 0.5) is 14.5 Å². The van der Waals surface area contributed by atoms with Gasteiger partial charge in [-0.1, -0.05) is 36.0 Å². The molecule has 0 N–H and O–H groups in total. The SMILES string of the molecule is O=S1(=O)C[C@@H]2[C@@H](C1)N=C(SCc1ccc(F)cc1)N2c1ccccc1F. The summed E-state index contributed by atoms with van der Waals surface area (Å²) in [6, 6.07) is 11.7. The van der Waals surface area contributed by atoms with Crippen LogP contribution in [0.2, 0.25) is 0 Å². The van der Waals surface area contributed by atoms with E-state index in [1.165, 1.54) is 30.0 Å². The fraction of sp³-hybridized carbons (Fsp3) is 0.278. The van der Waals surface area contributed by atoms with E-state index in [1.807, 2.05) is 0 Å². The van der Waals surface area contributed by atoms with E-state index in [0.29, 0.717) is 16.6 Å². The number of amidine groups is 1. The lowest BCUT2D eigenvalue weighted by molar-refractivity contribution is 0.600. The van der Waals surface area contributed by atoms with Crippen LogP contribution in [-0.4, -0.2) is 37.2 Å². The largest absolute Gasteiger partial charge is 0.312 e. The number of rotatable bonds is 3. The van der Waals surface area contributed by atoms with Crippen molar-refractivity contribution in [3.05, 3.63) is 65.7 Å². The van der Waals surface area contributed by atoms with E-state index in [-0.39, 0.29) is 29.4 Å². The molecule has 0 bridgehead atoms. The molecule has 1 fully saturated rings. The molecule has 136 valence electrons. The molecule has 26 heavy (non-hydrogen) atoms. The molecule has 4 nitrogen and oxygen atoms in total. The van der Waals surface area contributed by atoms with E-state index in [9.17, 15) is 17.2 Å². The molecule has 0 amide bonds. The zero-order valence-electron chi connectivity index (χ0n) is 13.7. The first-order valence-corrected chi connectivity index (χ1v) is 10.9. The van der Waals surface area contributed by atoms with Gasteiger partial charge in [-0.15, -0.1) is 0 Å². The molecule has 0 aliphatic carbocycles. The number of aliphatic imine (C=N–C) groups is 1. The number of para-hydroxylation sites is 1. The minimum atomic E-state index is -3.18. The lowest BCUT2D eigenvalue weighted by Crippen LogP contribution is -2.39. The van der Waals surface area contributed by atoms with Crippen LogP contribution in [0.5, 0.6) is 0 Å². The predicted octanol–water partition coefficient (Wildman–Crippen LogP) is 3.24. The van der Waals surface area contributed by atoms with Gasteiger partial charge in [0.25, 0.3) is 0 Å². The minimum absolute atomic E-state index is 0.0107. The molecular formula is C18H16F2N2O2S2. The van der Waals surface area contributed by atoms with Crippen molar-refractivity contribution in [1.29, 1.82) is 0 Å². The number of sulfone groups is 1. The van der Waals surface area contributed by atoms with Gasteiger partial charge >= 0.3 is 0 Å². The number of hydrogen-bond donors (Lipinski definition) is 0. The maximum absolute atomic E-state index is 14.4. The quantitative estimate of drug-likeness (QED) is 0.802. The predicted molar refractivity (Wildman–Crippen MR) is 100 cm³/mol. The molecule has 0 radical (unpaired) electrons. The first-order valence-electron chi connectivity index (χ1n) is 8.12. The Kier molecular flexibility index (Phi) is 4.48. The summed E-state index contributed by atoms with van der Waals surface area (Å²) < 4.78 is 51.4. The lowest BCUT2D eigenvalue weighted by atomic mass is 10.1. The van der Waals surface area contributed by atoms with Gasteiger partial charge < -0.3 is 4.90 Å². The summed E-state index contributed by atoms with van der Waals surface area (Å²) in [5, 5.41) is 0.601. The Morgan fingerprint density at radius 2 is 1.81 bits per heavy atom. The molecule has 2 aliphatic heterocycles. The molecule has 0 aromatic heterocycles. The zero-order chi connectivity index (χ0) is 18.3. The topological polar surface area (TPSA) is 49.7 Å². The van der Waals surface area contributed by atoms with Crippen LogP contribution < -0.4 is 4.90 Å². The van der Waals surface area contributed by atoms with Crippen molar-refractivity contribution in [2.24, 2.45) is 4.99 Å². The maximum atomic E-state index is 14.4. The van der Waals surface area contributed by atoms with Crippen LogP contribution >= 0.6 is 11.8 Å². The van der Waals surface area contributed by atoms with Crippen molar-refractivity contribution >= 4 is 32.5 Å². The smallest absolute Gasteiger partial charge is 0.164 e. The third kappa shape index (κ3) is 3.35. The van der Waals surface area contributed by atoms with Gasteiger partial charge in [-0.25, -0.2) is 17.2 Å². The van der Waals surface area contributed by atoms with Crippen molar-refractivity contribution in [3.8, 4) is 0 Å². The Morgan fingerprint density at radius 3 is 2.54 bits per heavy atom. The summed E-state index contributed by atoms with van der Waals surface area (Å²) in [7, 11) is -3.18. The Labute approximate surface area is 154 Å². The second-order valence-corrected chi connectivity index (χ2v) is 9.46. The van der Waals surface area contributed by atoms with Crippen molar-refractivity contribution in [2.75, 3.05) is 16.4 Å². The van der Waals surface area contributed by atoms with E-state index >= 15 is 0 Å². The summed E-state index contributed by atoms with van der Waals surface area (Å²) in [6.07, 6.45) is 0. The highest BCUT2D eigenvalue weighted by atomic mass is 32.2. The van der Waals surface area contributed by atoms with Gasteiger partial charge in [-0.3, -0.25) is 4.99 Å². The number of benzene rings is 2. The second kappa shape index (κ2) is 6.66. The van der Waals surface area contributed by atoms with Gasteiger partial charge in [0.1, 0.15) is 11.6 Å². The molecule has 0 saturated carbocycles. The second-order valence-electron chi connectivity index (χ2n) is 6.36. The van der Waals surface area contributed by atoms with Crippen LogP contribution in [0.3, 0.4) is 0 Å². The molecule has 2 aromatic carbocycles. The van der Waals surface area contributed by atoms with Gasteiger partial charge in [0.05, 0.1) is 29.3 Å². The summed E-state index contributed by atoms with van der Waals surface area (Å²) in [5.41, 5.74) is 1.25. The Hall–Kier alpha value is -1.93. The zero-order valence-corrected chi connectivity index (χ0v) is 15.3. The molecule has 2 aliphatic rings. The lowest BCUT2D eigenvalue weighted by Gasteiger charge is -2.26. The highest BCUT2D eigenvalue weighted by Crippen LogP contribution is 2.36. The fourth-order valence-electron chi connectivity index (χ4n) is 3.29. The normalized spacial score (nSPS) is 23.8. The van der Waals surface area contributed by atoms with Gasteiger partial charge in [0, 0.05) is 5.75 Å². The standard InChI is InChI=1S/C18H16F2N2O2S2/c19-13-7-5-12(6-8-13)9-25-18-21-15-10-26(23,24)11-17(15)22(18)16-4-2-1-3-14(16)20/h1-8,15,17H,9-11H2/t15-,17-/m1/s1. The van der Waals surface area contributed by atoms with Gasteiger partial charge in [-0.2, -0.15) is 0 Å². The van der Waals surface area contributed by atoms with Crippen LogP contribution in [0.15, 0.2) is 53.5 Å². The maximum Gasteiger partial charge on any atom is 0.164 e. The molecule has 2 atom stereocenters. The highest BCUT2D eigenvalue weighted by Gasteiger charge is 2.47. The van der Waals surface area contributed by atoms with Crippen molar-refractivity contribution in [2.45, 2.75) is 17.8 Å². The third-order valence-corrected chi connectivity index (χ3v) is 7.24. The number of anilines is 1. The first kappa shape index (κ1) is 17.5. The van der Waals surface area contributed by atoms with E-state index in [2.05, 4.69) is 4.99 Å². The average molecular weight is 394 g/mol. The van der Waals surface area contributed by atoms with Crippen LogP contribution in [-0.2, 0) is 15.6 Å². The molecule has 0 spiro atoms. The highest BCUT2D eigenvalue weighted by molar-refractivity contribution is 8.13. The van der Waals surface area contributed by atoms with E-state index in [1.54, 1.807) is 35.2 Å². The van der Waals surface area contributed by atoms with Gasteiger partial charge in [0.2, 0.25) is 0 Å². The number of thioether (sulfide) groups is 1. The summed E-state index contributed by atoms with van der Waals surface area (Å²) in [5.74, 6) is -0.215. The summed E-state index contributed by atoms with van der Waals surface area (Å²) in [4.78, 5) is 6.27. The van der Waals surface area contributed by atoms with Crippen LogP contribution in [0.25, 0.3) is 0 Å². The Morgan fingerprint density at radius 1 is 1.08 bits per heavy atom. The summed E-state index contributed by atoms with van der Waals surface area (Å²) in [6.45, 7) is 0. The molecule has 0 unspecified atom stereocenters. The first-order chi connectivity index (χ1) is 12.4. The number of nitrogens with zero attached hydrogens (tertiary/aromatic N) is 2. The Balaban J connectivity index is 1.63. The van der Waals surface area contributed by atoms with Crippen LogP contribution in [0.1, 0.15) is 5.56 Å². The van der Waals surface area contributed by atoms with E-state index in [0.717, 1.165) is 5.56 Å². The molecule has 1 saturated heterocycles. The number of fused-ring (bicyclic) bond motifs is 1. The van der Waals surface area contributed by atoms with Crippen LogP contribution in [0, 0.1) is 11.6 Å². The third-order valence-electron chi connectivity index (χ3n) is 4.50. The van der Waals surface area contributed by atoms with Gasteiger partial charge in [0.15, 0.2) is 15.0 Å². The fourth-order valence-corrected chi connectivity index (χ4v) is 6.21. The van der Waals surface area contributed by atoms with Gasteiger partial charge in [-0.05, 0) is 29.8 Å². The number of halogens is 2. The molecule has 4 rings (SSSR count). The number of hydrogen-bond acceptors (Lipinski definition) is 5. The van der Waals surface area contributed by atoms with Crippen molar-refractivity contribution in [3.63, 3.8) is 0 Å². The molecule has 2 heterocycles. The molecule has 8 heteroatoms. The summed E-state index contributed by atoms with van der Waals surface area (Å²) >= 11 is 1.40. The van der Waals surface area contributed by atoms with Crippen molar-refractivity contribution in [1.82, 2.24) is 0 Å². The van der Waals surface area contributed by atoms with E-state index < -0.39 is 15.7 Å². The minimum Gasteiger partial charge on any atom is -0.312 e. The van der Waals surface area contributed by atoms with Crippen molar-refractivity contribution < 1.29 is 17.2 Å².